The van der Waals surface area contributed by atoms with Crippen molar-refractivity contribution in [2.45, 2.75) is 18.8 Å². The van der Waals surface area contributed by atoms with Crippen LogP contribution in [0.5, 0.6) is 0 Å². The highest BCUT2D eigenvalue weighted by atomic mass is 14.9. The summed E-state index contributed by atoms with van der Waals surface area (Å²) >= 11 is 0. The minimum absolute atomic E-state index is 0.463. The summed E-state index contributed by atoms with van der Waals surface area (Å²) in [5, 5.41) is 3.75. The molecule has 0 saturated heterocycles. The van der Waals surface area contributed by atoms with Crippen LogP contribution in [0.4, 0.5) is 11.4 Å². The van der Waals surface area contributed by atoms with Crippen LogP contribution in [0.25, 0.3) is 22.3 Å². The fourth-order valence-corrected chi connectivity index (χ4v) is 6.57. The summed E-state index contributed by atoms with van der Waals surface area (Å²) in [5.41, 5.74) is 14.3. The van der Waals surface area contributed by atoms with Crippen molar-refractivity contribution in [3.63, 3.8) is 0 Å². The largest absolute Gasteiger partial charge is 0.355 e. The number of anilines is 2. The minimum atomic E-state index is -0.463. The molecule has 0 amide bonds. The van der Waals surface area contributed by atoms with E-state index in [1.54, 1.807) is 0 Å². The Balaban J connectivity index is 1.38. The Morgan fingerprint density at radius 1 is 0.650 bits per heavy atom. The number of rotatable bonds is 3. The fourth-order valence-electron chi connectivity index (χ4n) is 6.57. The number of hydrogen-bond donors (Lipinski definition) is 1. The number of aryl methyl sites for hydroxylation is 1. The van der Waals surface area contributed by atoms with Crippen molar-refractivity contribution in [3.05, 3.63) is 180 Å². The molecule has 0 heterocycles. The lowest BCUT2D eigenvalue weighted by atomic mass is 9.66. The molecule has 7 rings (SSSR count). The molecule has 2 aliphatic carbocycles. The highest BCUT2D eigenvalue weighted by Crippen LogP contribution is 2.57. The number of hydrogen-bond acceptors (Lipinski definition) is 1. The summed E-state index contributed by atoms with van der Waals surface area (Å²) in [7, 11) is 0. The second kappa shape index (κ2) is 9.70. The quantitative estimate of drug-likeness (QED) is 0.253. The van der Waals surface area contributed by atoms with E-state index < -0.39 is 5.41 Å². The Bertz CT molecular complexity index is 1820. The molecule has 0 bridgehead atoms. The van der Waals surface area contributed by atoms with Crippen LogP contribution in [0.2, 0.25) is 0 Å². The zero-order chi connectivity index (χ0) is 27.1. The van der Waals surface area contributed by atoms with Gasteiger partial charge in [-0.3, -0.25) is 0 Å². The van der Waals surface area contributed by atoms with Gasteiger partial charge in [0.05, 0.1) is 5.41 Å². The summed E-state index contributed by atoms with van der Waals surface area (Å²) < 4.78 is 0. The van der Waals surface area contributed by atoms with Gasteiger partial charge in [-0.05, 0) is 93.3 Å². The van der Waals surface area contributed by atoms with Gasteiger partial charge in [-0.25, -0.2) is 0 Å². The Labute approximate surface area is 236 Å². The molecule has 192 valence electrons. The summed E-state index contributed by atoms with van der Waals surface area (Å²) in [6, 6.07) is 41.8. The molecule has 5 aromatic rings. The van der Waals surface area contributed by atoms with Crippen LogP contribution >= 0.6 is 0 Å². The Morgan fingerprint density at radius 3 is 2.25 bits per heavy atom. The van der Waals surface area contributed by atoms with E-state index in [2.05, 4.69) is 152 Å². The average molecular weight is 514 g/mol. The third kappa shape index (κ3) is 3.78. The fraction of sp³-hybridized carbons (Fsp3) is 0.0769. The van der Waals surface area contributed by atoms with Crippen LogP contribution in [0.3, 0.4) is 0 Å². The summed E-state index contributed by atoms with van der Waals surface area (Å²) in [5.74, 6) is 0. The maximum Gasteiger partial charge on any atom is 0.0711 e. The van der Waals surface area contributed by atoms with Gasteiger partial charge in [0.15, 0.2) is 0 Å². The number of nitrogens with one attached hydrogen (secondary N) is 1. The van der Waals surface area contributed by atoms with Crippen LogP contribution < -0.4 is 5.32 Å². The number of allylic oxidation sites excluding steroid dienone is 5. The Hall–Kier alpha value is -4.88. The van der Waals surface area contributed by atoms with Crippen molar-refractivity contribution in [1.29, 1.82) is 0 Å². The smallest absolute Gasteiger partial charge is 0.0711 e. The van der Waals surface area contributed by atoms with Crippen LogP contribution in [-0.4, -0.2) is 0 Å². The standard InChI is InChI=1S/C39H31N/c1-27-25-31(29-14-6-4-7-15-29)21-24-38(27)40-32-22-23-34-33-18-10-12-20-36(33)39(37(34)26-32)28(2)13-5-3-8-16-30-17-9-11-19-35(30)39/h3-15,17-26,40H,2,16H2,1H3/b8-3-,13-5-. The van der Waals surface area contributed by atoms with E-state index in [0.717, 1.165) is 23.4 Å². The van der Waals surface area contributed by atoms with Crippen LogP contribution in [0, 0.1) is 6.92 Å². The van der Waals surface area contributed by atoms with E-state index in [0.29, 0.717) is 0 Å². The molecule has 1 nitrogen and oxygen atoms in total. The second-order valence-electron chi connectivity index (χ2n) is 10.8. The van der Waals surface area contributed by atoms with Gasteiger partial charge in [-0.1, -0.05) is 122 Å². The lowest BCUT2D eigenvalue weighted by Gasteiger charge is -2.35. The van der Waals surface area contributed by atoms with Crippen LogP contribution in [0.15, 0.2) is 152 Å². The minimum Gasteiger partial charge on any atom is -0.355 e. The van der Waals surface area contributed by atoms with Crippen LogP contribution in [0.1, 0.15) is 27.8 Å². The number of benzene rings is 5. The predicted octanol–water partition coefficient (Wildman–Crippen LogP) is 9.95. The molecule has 0 aliphatic heterocycles. The highest BCUT2D eigenvalue weighted by Gasteiger charge is 2.47. The molecule has 1 atom stereocenters. The van der Waals surface area contributed by atoms with Gasteiger partial charge in [-0.2, -0.15) is 0 Å². The molecular weight excluding hydrogens is 482 g/mol. The predicted molar refractivity (Wildman–Crippen MR) is 169 cm³/mol. The molecule has 0 saturated carbocycles. The molecule has 1 unspecified atom stereocenters. The van der Waals surface area contributed by atoms with E-state index in [-0.39, 0.29) is 0 Å². The monoisotopic (exact) mass is 513 g/mol. The van der Waals surface area contributed by atoms with Crippen molar-refractivity contribution >= 4 is 11.4 Å². The summed E-state index contributed by atoms with van der Waals surface area (Å²) in [6.07, 6.45) is 9.59. The van der Waals surface area contributed by atoms with Gasteiger partial charge >= 0.3 is 0 Å². The van der Waals surface area contributed by atoms with Crippen molar-refractivity contribution < 1.29 is 0 Å². The Kier molecular flexibility index (Phi) is 5.86. The molecule has 1 heteroatoms. The van der Waals surface area contributed by atoms with E-state index in [4.69, 9.17) is 6.58 Å². The maximum atomic E-state index is 4.71. The first-order chi connectivity index (χ1) is 19.7. The second-order valence-corrected chi connectivity index (χ2v) is 10.8. The van der Waals surface area contributed by atoms with Crippen LogP contribution in [-0.2, 0) is 11.8 Å². The third-order valence-electron chi connectivity index (χ3n) is 8.44. The third-order valence-corrected chi connectivity index (χ3v) is 8.44. The molecule has 0 aromatic heterocycles. The topological polar surface area (TPSA) is 12.0 Å². The van der Waals surface area contributed by atoms with E-state index in [1.807, 2.05) is 0 Å². The molecule has 0 fully saturated rings. The lowest BCUT2D eigenvalue weighted by molar-refractivity contribution is 0.760. The number of fused-ring (bicyclic) bond motifs is 7. The molecule has 40 heavy (non-hydrogen) atoms. The van der Waals surface area contributed by atoms with E-state index in [1.165, 1.54) is 50.1 Å². The molecule has 1 N–H and O–H groups in total. The van der Waals surface area contributed by atoms with Gasteiger partial charge < -0.3 is 5.32 Å². The summed E-state index contributed by atoms with van der Waals surface area (Å²) in [4.78, 5) is 0. The van der Waals surface area contributed by atoms with Crippen molar-refractivity contribution in [3.8, 4) is 22.3 Å². The van der Waals surface area contributed by atoms with Gasteiger partial charge in [0.25, 0.3) is 0 Å². The van der Waals surface area contributed by atoms with Gasteiger partial charge in [0, 0.05) is 11.4 Å². The summed E-state index contributed by atoms with van der Waals surface area (Å²) in [6.45, 7) is 6.89. The molecule has 5 aromatic carbocycles. The molecule has 0 radical (unpaired) electrons. The van der Waals surface area contributed by atoms with E-state index in [9.17, 15) is 0 Å². The SMILES string of the molecule is C=C1/C=C\C=C/Cc2ccccc2C12c1ccccc1-c1ccc(Nc3ccc(-c4ccccc4)cc3C)cc12. The van der Waals surface area contributed by atoms with Gasteiger partial charge in [-0.15, -0.1) is 0 Å². The van der Waals surface area contributed by atoms with Gasteiger partial charge in [0.1, 0.15) is 0 Å². The highest BCUT2D eigenvalue weighted by molar-refractivity contribution is 5.88. The van der Waals surface area contributed by atoms with Crippen molar-refractivity contribution in [2.75, 3.05) is 5.32 Å². The first kappa shape index (κ1) is 24.2. The molecular formula is C39H31N. The lowest BCUT2D eigenvalue weighted by Crippen LogP contribution is -2.30. The van der Waals surface area contributed by atoms with Crippen molar-refractivity contribution in [2.24, 2.45) is 0 Å². The average Bonchev–Trinajstić information content (AvgIpc) is 3.31. The zero-order valence-electron chi connectivity index (χ0n) is 22.7. The normalized spacial score (nSPS) is 18.6. The van der Waals surface area contributed by atoms with Crippen molar-refractivity contribution in [1.82, 2.24) is 0 Å². The first-order valence-corrected chi connectivity index (χ1v) is 13.9. The first-order valence-electron chi connectivity index (χ1n) is 13.9. The van der Waals surface area contributed by atoms with E-state index >= 15 is 0 Å². The maximum absolute atomic E-state index is 4.71. The zero-order valence-corrected chi connectivity index (χ0v) is 22.7. The van der Waals surface area contributed by atoms with Gasteiger partial charge in [0.2, 0.25) is 0 Å². The molecule has 1 spiro atoms. The molecule has 2 aliphatic rings. The Morgan fingerprint density at radius 2 is 1.40 bits per heavy atom.